The molecule has 0 aromatic heterocycles. The standard InChI is InChI=1S/C11H13BrN2O2/c1-6(5-15)13-10-8-4-7(12)2-3-9(8)14-11(10)16/h2-4,6,10,13,15H,5H2,1H3,(H,14,16). The highest BCUT2D eigenvalue weighted by Crippen LogP contribution is 2.33. The Morgan fingerprint density at radius 2 is 2.38 bits per heavy atom. The lowest BCUT2D eigenvalue weighted by atomic mass is 10.1. The maximum atomic E-state index is 11.7. The van der Waals surface area contributed by atoms with Gasteiger partial charge in [-0.1, -0.05) is 15.9 Å². The van der Waals surface area contributed by atoms with Crippen LogP contribution in [0.2, 0.25) is 0 Å². The first-order valence-electron chi connectivity index (χ1n) is 5.09. The van der Waals surface area contributed by atoms with Crippen molar-refractivity contribution in [3.8, 4) is 0 Å². The molecule has 1 heterocycles. The summed E-state index contributed by atoms with van der Waals surface area (Å²) in [7, 11) is 0. The molecule has 1 aliphatic heterocycles. The highest BCUT2D eigenvalue weighted by Gasteiger charge is 2.31. The van der Waals surface area contributed by atoms with Gasteiger partial charge in [0.2, 0.25) is 5.91 Å². The molecule has 16 heavy (non-hydrogen) atoms. The number of hydrogen-bond donors (Lipinski definition) is 3. The number of aliphatic hydroxyl groups excluding tert-OH is 1. The van der Waals surface area contributed by atoms with Crippen molar-refractivity contribution in [1.82, 2.24) is 5.32 Å². The molecule has 0 aliphatic carbocycles. The van der Waals surface area contributed by atoms with Gasteiger partial charge in [0.05, 0.1) is 6.61 Å². The van der Waals surface area contributed by atoms with Crippen LogP contribution in [-0.4, -0.2) is 23.7 Å². The van der Waals surface area contributed by atoms with Crippen LogP contribution in [0, 0.1) is 0 Å². The van der Waals surface area contributed by atoms with Crippen molar-refractivity contribution >= 4 is 27.5 Å². The molecule has 2 rings (SSSR count). The van der Waals surface area contributed by atoms with E-state index in [2.05, 4.69) is 26.6 Å². The van der Waals surface area contributed by atoms with E-state index >= 15 is 0 Å². The summed E-state index contributed by atoms with van der Waals surface area (Å²) >= 11 is 3.38. The van der Waals surface area contributed by atoms with Crippen molar-refractivity contribution in [3.63, 3.8) is 0 Å². The SMILES string of the molecule is CC(CO)NC1C(=O)Nc2ccc(Br)cc21. The number of rotatable bonds is 3. The van der Waals surface area contributed by atoms with Crippen LogP contribution in [0.3, 0.4) is 0 Å². The van der Waals surface area contributed by atoms with Gasteiger partial charge < -0.3 is 10.4 Å². The molecule has 1 aliphatic rings. The van der Waals surface area contributed by atoms with Gasteiger partial charge in [-0.05, 0) is 25.1 Å². The molecule has 1 aromatic rings. The fourth-order valence-electron chi connectivity index (χ4n) is 1.74. The summed E-state index contributed by atoms with van der Waals surface area (Å²) in [6, 6.07) is 5.17. The number of aliphatic hydroxyl groups is 1. The van der Waals surface area contributed by atoms with Crippen molar-refractivity contribution in [2.24, 2.45) is 0 Å². The van der Waals surface area contributed by atoms with Crippen LogP contribution in [0.4, 0.5) is 5.69 Å². The summed E-state index contributed by atoms with van der Waals surface area (Å²) in [6.45, 7) is 1.84. The van der Waals surface area contributed by atoms with Gasteiger partial charge in [-0.15, -0.1) is 0 Å². The summed E-state index contributed by atoms with van der Waals surface area (Å²) in [5.74, 6) is -0.0756. The molecule has 0 fully saturated rings. The number of halogens is 1. The Morgan fingerprint density at radius 3 is 3.06 bits per heavy atom. The maximum absolute atomic E-state index is 11.7. The molecule has 0 spiro atoms. The Kier molecular flexibility index (Phi) is 3.28. The fourth-order valence-corrected chi connectivity index (χ4v) is 2.11. The minimum Gasteiger partial charge on any atom is -0.395 e. The van der Waals surface area contributed by atoms with E-state index in [0.717, 1.165) is 15.7 Å². The minimum atomic E-state index is -0.380. The van der Waals surface area contributed by atoms with Crippen LogP contribution < -0.4 is 10.6 Å². The molecule has 0 saturated carbocycles. The molecule has 4 nitrogen and oxygen atoms in total. The number of hydrogen-bond acceptors (Lipinski definition) is 3. The zero-order chi connectivity index (χ0) is 11.7. The van der Waals surface area contributed by atoms with Gasteiger partial charge in [0.25, 0.3) is 0 Å². The van der Waals surface area contributed by atoms with E-state index in [-0.39, 0.29) is 24.6 Å². The van der Waals surface area contributed by atoms with Gasteiger partial charge in [-0.2, -0.15) is 0 Å². The molecular weight excluding hydrogens is 272 g/mol. The largest absolute Gasteiger partial charge is 0.395 e. The molecule has 2 unspecified atom stereocenters. The normalized spacial score (nSPS) is 20.4. The molecule has 3 N–H and O–H groups in total. The molecule has 5 heteroatoms. The van der Waals surface area contributed by atoms with E-state index in [1.54, 1.807) is 0 Å². The smallest absolute Gasteiger partial charge is 0.246 e. The van der Waals surface area contributed by atoms with Crippen molar-refractivity contribution in [2.75, 3.05) is 11.9 Å². The Morgan fingerprint density at radius 1 is 1.62 bits per heavy atom. The van der Waals surface area contributed by atoms with E-state index in [0.29, 0.717) is 0 Å². The monoisotopic (exact) mass is 284 g/mol. The molecule has 0 bridgehead atoms. The van der Waals surface area contributed by atoms with Gasteiger partial charge in [-0.25, -0.2) is 0 Å². The van der Waals surface area contributed by atoms with Gasteiger partial charge in [0, 0.05) is 21.8 Å². The lowest BCUT2D eigenvalue weighted by Crippen LogP contribution is -2.36. The maximum Gasteiger partial charge on any atom is 0.246 e. The third-order valence-electron chi connectivity index (χ3n) is 2.57. The van der Waals surface area contributed by atoms with Crippen LogP contribution in [0.25, 0.3) is 0 Å². The quantitative estimate of drug-likeness (QED) is 0.787. The number of benzene rings is 1. The van der Waals surface area contributed by atoms with E-state index in [1.165, 1.54) is 0 Å². The average Bonchev–Trinajstić information content (AvgIpc) is 2.55. The number of carbonyl (C=O) groups excluding carboxylic acids is 1. The third kappa shape index (κ3) is 2.11. The molecule has 1 aromatic carbocycles. The average molecular weight is 285 g/mol. The summed E-state index contributed by atoms with van der Waals surface area (Å²) in [5, 5.41) is 14.9. The van der Waals surface area contributed by atoms with Gasteiger partial charge in [-0.3, -0.25) is 10.1 Å². The second-order valence-corrected chi connectivity index (χ2v) is 4.82. The summed E-state index contributed by atoms with van der Waals surface area (Å²) < 4.78 is 0.936. The number of carbonyl (C=O) groups is 1. The van der Waals surface area contributed by atoms with E-state index in [9.17, 15) is 4.79 Å². The predicted octanol–water partition coefficient (Wildman–Crippen LogP) is 1.41. The minimum absolute atomic E-state index is 0.00706. The van der Waals surface area contributed by atoms with Gasteiger partial charge >= 0.3 is 0 Å². The topological polar surface area (TPSA) is 61.4 Å². The van der Waals surface area contributed by atoms with Crippen molar-refractivity contribution in [2.45, 2.75) is 19.0 Å². The molecule has 86 valence electrons. The fraction of sp³-hybridized carbons (Fsp3) is 0.364. The summed E-state index contributed by atoms with van der Waals surface area (Å²) in [4.78, 5) is 11.7. The highest BCUT2D eigenvalue weighted by atomic mass is 79.9. The highest BCUT2D eigenvalue weighted by molar-refractivity contribution is 9.10. The van der Waals surface area contributed by atoms with Gasteiger partial charge in [0.1, 0.15) is 6.04 Å². The van der Waals surface area contributed by atoms with Gasteiger partial charge in [0.15, 0.2) is 0 Å². The predicted molar refractivity (Wildman–Crippen MR) is 65.2 cm³/mol. The zero-order valence-corrected chi connectivity index (χ0v) is 10.4. The second-order valence-electron chi connectivity index (χ2n) is 3.90. The molecule has 1 amide bonds. The first-order chi connectivity index (χ1) is 7.61. The van der Waals surface area contributed by atoms with Crippen molar-refractivity contribution < 1.29 is 9.90 Å². The third-order valence-corrected chi connectivity index (χ3v) is 3.06. The molecule has 0 saturated heterocycles. The molecular formula is C11H13BrN2O2. The van der Waals surface area contributed by atoms with E-state index in [4.69, 9.17) is 5.11 Å². The lowest BCUT2D eigenvalue weighted by Gasteiger charge is -2.16. The van der Waals surface area contributed by atoms with Crippen molar-refractivity contribution in [1.29, 1.82) is 0 Å². The number of nitrogens with one attached hydrogen (secondary N) is 2. The van der Waals surface area contributed by atoms with E-state index in [1.807, 2.05) is 25.1 Å². The lowest BCUT2D eigenvalue weighted by molar-refractivity contribution is -0.117. The molecule has 2 atom stereocenters. The number of fused-ring (bicyclic) bond motifs is 1. The summed E-state index contributed by atoms with van der Waals surface area (Å²) in [6.07, 6.45) is 0. The number of amides is 1. The Hall–Kier alpha value is -0.910. The van der Waals surface area contributed by atoms with Crippen molar-refractivity contribution in [3.05, 3.63) is 28.2 Å². The Bertz CT molecular complexity index is 422. The Labute approximate surface area is 102 Å². The zero-order valence-electron chi connectivity index (χ0n) is 8.83. The first kappa shape index (κ1) is 11.6. The van der Waals surface area contributed by atoms with Crippen LogP contribution >= 0.6 is 15.9 Å². The van der Waals surface area contributed by atoms with E-state index < -0.39 is 0 Å². The molecule has 0 radical (unpaired) electrons. The van der Waals surface area contributed by atoms with Crippen LogP contribution in [-0.2, 0) is 4.79 Å². The Balaban J connectivity index is 2.28. The van der Waals surface area contributed by atoms with Crippen LogP contribution in [0.15, 0.2) is 22.7 Å². The van der Waals surface area contributed by atoms with Crippen LogP contribution in [0.1, 0.15) is 18.5 Å². The number of anilines is 1. The first-order valence-corrected chi connectivity index (χ1v) is 5.88. The summed E-state index contributed by atoms with van der Waals surface area (Å²) in [5.41, 5.74) is 1.75. The van der Waals surface area contributed by atoms with Crippen LogP contribution in [0.5, 0.6) is 0 Å². The second kappa shape index (κ2) is 4.53.